The number of rotatable bonds is 3. The van der Waals surface area contributed by atoms with E-state index in [0.29, 0.717) is 32.4 Å². The number of aromatic nitrogens is 1. The Labute approximate surface area is 160 Å². The van der Waals surface area contributed by atoms with Gasteiger partial charge in [0.25, 0.3) is 0 Å². The maximum Gasteiger partial charge on any atom is 0.161 e. The zero-order valence-electron chi connectivity index (χ0n) is 13.6. The highest BCUT2D eigenvalue weighted by Crippen LogP contribution is 2.36. The van der Waals surface area contributed by atoms with Crippen LogP contribution in [0.15, 0.2) is 42.5 Å². The zero-order chi connectivity index (χ0) is 18.8. The molecule has 0 aliphatic heterocycles. The Hall–Kier alpha value is -2.94. The lowest BCUT2D eigenvalue weighted by Crippen LogP contribution is -2.00. The second-order valence-corrected chi connectivity index (χ2v) is 6.26. The molecule has 0 saturated heterocycles. The number of phenolic OH excluding ortho intramolecular Hbond substituents is 1. The molecule has 2 aromatic carbocycles. The third kappa shape index (κ3) is 3.25. The Morgan fingerprint density at radius 2 is 1.81 bits per heavy atom. The van der Waals surface area contributed by atoms with Crippen molar-refractivity contribution >= 4 is 29.0 Å². The van der Waals surface area contributed by atoms with Gasteiger partial charge in [-0.05, 0) is 35.9 Å². The van der Waals surface area contributed by atoms with Crippen molar-refractivity contribution in [3.63, 3.8) is 0 Å². The van der Waals surface area contributed by atoms with Crippen LogP contribution in [0, 0.1) is 11.3 Å². The van der Waals surface area contributed by atoms with Gasteiger partial charge in [-0.1, -0.05) is 35.3 Å². The predicted octanol–water partition coefficient (Wildman–Crippen LogP) is 4.89. The number of pyridine rings is 1. The molecule has 0 aliphatic rings. The summed E-state index contributed by atoms with van der Waals surface area (Å²) >= 11 is 12.1. The van der Waals surface area contributed by atoms with E-state index < -0.39 is 0 Å². The minimum Gasteiger partial charge on any atom is -0.504 e. The van der Waals surface area contributed by atoms with Crippen molar-refractivity contribution in [2.24, 2.45) is 0 Å². The summed E-state index contributed by atoms with van der Waals surface area (Å²) in [6.45, 7) is 0. The number of methoxy groups -OCH3 is 1. The Morgan fingerprint density at radius 3 is 2.46 bits per heavy atom. The quantitative estimate of drug-likeness (QED) is 0.669. The van der Waals surface area contributed by atoms with Crippen LogP contribution in [0.3, 0.4) is 0 Å². The van der Waals surface area contributed by atoms with E-state index in [1.807, 2.05) is 0 Å². The summed E-state index contributed by atoms with van der Waals surface area (Å²) in [5, 5.41) is 20.1. The maximum absolute atomic E-state index is 9.80. The molecular weight excluding hydrogens is 373 g/mol. The molecule has 26 heavy (non-hydrogen) atoms. The van der Waals surface area contributed by atoms with Gasteiger partial charge < -0.3 is 15.6 Å². The topological polar surface area (TPSA) is 92.2 Å². The van der Waals surface area contributed by atoms with Crippen LogP contribution in [0.5, 0.6) is 11.5 Å². The number of halogens is 2. The lowest BCUT2D eigenvalue weighted by molar-refractivity contribution is 0.373. The predicted molar refractivity (Wildman–Crippen MR) is 102 cm³/mol. The Morgan fingerprint density at radius 1 is 1.08 bits per heavy atom. The van der Waals surface area contributed by atoms with Gasteiger partial charge in [-0.15, -0.1) is 0 Å². The molecule has 0 unspecified atom stereocenters. The number of hydrogen-bond acceptors (Lipinski definition) is 5. The smallest absolute Gasteiger partial charge is 0.161 e. The summed E-state index contributed by atoms with van der Waals surface area (Å²) in [5.41, 5.74) is 8.72. The van der Waals surface area contributed by atoms with Gasteiger partial charge in [-0.25, -0.2) is 4.98 Å². The average molecular weight is 386 g/mol. The van der Waals surface area contributed by atoms with E-state index in [9.17, 15) is 10.4 Å². The first-order valence-electron chi connectivity index (χ1n) is 7.48. The van der Waals surface area contributed by atoms with Crippen LogP contribution in [-0.4, -0.2) is 17.2 Å². The Bertz CT molecular complexity index is 1050. The molecule has 3 rings (SSSR count). The number of nitriles is 1. The monoisotopic (exact) mass is 385 g/mol. The van der Waals surface area contributed by atoms with E-state index in [0.717, 1.165) is 0 Å². The second kappa shape index (κ2) is 7.12. The van der Waals surface area contributed by atoms with Crippen molar-refractivity contribution in [2.45, 2.75) is 0 Å². The number of nitrogens with two attached hydrogens (primary N) is 1. The van der Waals surface area contributed by atoms with Crippen molar-refractivity contribution in [3.05, 3.63) is 58.1 Å². The molecule has 0 amide bonds. The Balaban J connectivity index is 2.23. The number of nitrogen functional groups attached to an aromatic ring is 1. The fraction of sp³-hybridized carbons (Fsp3) is 0.0526. The largest absolute Gasteiger partial charge is 0.504 e. The van der Waals surface area contributed by atoms with Crippen LogP contribution in [-0.2, 0) is 0 Å². The number of phenols is 1. The van der Waals surface area contributed by atoms with Crippen molar-refractivity contribution in [1.82, 2.24) is 4.98 Å². The van der Waals surface area contributed by atoms with E-state index in [4.69, 9.17) is 33.7 Å². The van der Waals surface area contributed by atoms with Crippen molar-refractivity contribution in [2.75, 3.05) is 12.8 Å². The van der Waals surface area contributed by atoms with Crippen molar-refractivity contribution < 1.29 is 9.84 Å². The van der Waals surface area contributed by atoms with E-state index in [1.54, 1.807) is 36.4 Å². The van der Waals surface area contributed by atoms with E-state index in [1.165, 1.54) is 13.2 Å². The molecule has 0 fully saturated rings. The van der Waals surface area contributed by atoms with Gasteiger partial charge in [-0.2, -0.15) is 5.26 Å². The number of benzene rings is 2. The summed E-state index contributed by atoms with van der Waals surface area (Å²) in [5.74, 6) is 0.387. The summed E-state index contributed by atoms with van der Waals surface area (Å²) in [6, 6.07) is 13.7. The maximum atomic E-state index is 9.80. The van der Waals surface area contributed by atoms with Gasteiger partial charge >= 0.3 is 0 Å². The number of anilines is 1. The first-order chi connectivity index (χ1) is 12.4. The van der Waals surface area contributed by atoms with Gasteiger partial charge in [0, 0.05) is 11.1 Å². The van der Waals surface area contributed by atoms with Crippen LogP contribution in [0.25, 0.3) is 22.4 Å². The molecule has 0 aliphatic carbocycles. The van der Waals surface area contributed by atoms with Crippen LogP contribution < -0.4 is 10.5 Å². The summed E-state index contributed by atoms with van der Waals surface area (Å²) < 4.78 is 5.14. The van der Waals surface area contributed by atoms with Crippen LogP contribution >= 0.6 is 23.2 Å². The molecule has 1 aromatic heterocycles. The van der Waals surface area contributed by atoms with Gasteiger partial charge in [0.1, 0.15) is 17.5 Å². The standard InChI is InChI=1S/C19H13Cl2N3O2/c1-26-18-7-10(3-5-17(18)25)12-8-16(24-19(23)13(12)9-22)11-2-4-14(20)15(21)6-11/h2-8,25H,1H3,(H2,23,24). The zero-order valence-corrected chi connectivity index (χ0v) is 15.1. The van der Waals surface area contributed by atoms with Gasteiger partial charge in [0.15, 0.2) is 11.5 Å². The molecule has 0 bridgehead atoms. The van der Waals surface area contributed by atoms with Crippen LogP contribution in [0.4, 0.5) is 5.82 Å². The van der Waals surface area contributed by atoms with Gasteiger partial charge in [0.2, 0.25) is 0 Å². The van der Waals surface area contributed by atoms with E-state index in [2.05, 4.69) is 11.1 Å². The molecule has 3 aromatic rings. The lowest BCUT2D eigenvalue weighted by Gasteiger charge is -2.12. The SMILES string of the molecule is COc1cc(-c2cc(-c3ccc(Cl)c(Cl)c3)nc(N)c2C#N)ccc1O. The molecule has 7 heteroatoms. The lowest BCUT2D eigenvalue weighted by atomic mass is 9.98. The molecule has 0 spiro atoms. The molecule has 3 N–H and O–H groups in total. The van der Waals surface area contributed by atoms with E-state index >= 15 is 0 Å². The second-order valence-electron chi connectivity index (χ2n) is 5.44. The molecule has 0 atom stereocenters. The molecule has 5 nitrogen and oxygen atoms in total. The van der Waals surface area contributed by atoms with Crippen LogP contribution in [0.2, 0.25) is 10.0 Å². The average Bonchev–Trinajstić information content (AvgIpc) is 2.63. The molecule has 0 saturated carbocycles. The van der Waals surface area contributed by atoms with Crippen LogP contribution in [0.1, 0.15) is 5.56 Å². The van der Waals surface area contributed by atoms with Gasteiger partial charge in [0.05, 0.1) is 22.8 Å². The highest BCUT2D eigenvalue weighted by Gasteiger charge is 2.15. The van der Waals surface area contributed by atoms with Gasteiger partial charge in [-0.3, -0.25) is 0 Å². The molecule has 0 radical (unpaired) electrons. The first kappa shape index (κ1) is 17.9. The highest BCUT2D eigenvalue weighted by atomic mass is 35.5. The summed E-state index contributed by atoms with van der Waals surface area (Å²) in [6.07, 6.45) is 0. The van der Waals surface area contributed by atoms with Crippen molar-refractivity contribution in [1.29, 1.82) is 5.26 Å². The normalized spacial score (nSPS) is 10.4. The van der Waals surface area contributed by atoms with Crippen molar-refractivity contribution in [3.8, 4) is 40.0 Å². The third-order valence-electron chi connectivity index (χ3n) is 3.87. The Kier molecular flexibility index (Phi) is 4.90. The number of nitrogens with zero attached hydrogens (tertiary/aromatic N) is 2. The molecular formula is C19H13Cl2N3O2. The minimum atomic E-state index is 0.00138. The molecule has 130 valence electrons. The van der Waals surface area contributed by atoms with E-state index in [-0.39, 0.29) is 22.9 Å². The minimum absolute atomic E-state index is 0.00138. The summed E-state index contributed by atoms with van der Waals surface area (Å²) in [4.78, 5) is 4.30. The highest BCUT2D eigenvalue weighted by molar-refractivity contribution is 6.42. The molecule has 1 heterocycles. The fourth-order valence-corrected chi connectivity index (χ4v) is 2.86. The number of aromatic hydroxyl groups is 1. The fourth-order valence-electron chi connectivity index (χ4n) is 2.56. The third-order valence-corrected chi connectivity index (χ3v) is 4.60. The summed E-state index contributed by atoms with van der Waals surface area (Å²) in [7, 11) is 1.45. The number of hydrogen-bond donors (Lipinski definition) is 2. The number of ether oxygens (including phenoxy) is 1. The first-order valence-corrected chi connectivity index (χ1v) is 8.23.